The highest BCUT2D eigenvalue weighted by atomic mass is 79.9. The van der Waals surface area contributed by atoms with E-state index < -0.39 is 0 Å². The van der Waals surface area contributed by atoms with Crippen LogP contribution in [0, 0.1) is 0 Å². The smallest absolute Gasteiger partial charge is 0.162 e. The Morgan fingerprint density at radius 3 is 2.69 bits per heavy atom. The van der Waals surface area contributed by atoms with Gasteiger partial charge in [0.1, 0.15) is 0 Å². The molecule has 1 aromatic rings. The molecule has 1 aliphatic rings. The predicted octanol–water partition coefficient (Wildman–Crippen LogP) is 2.35. The lowest BCUT2D eigenvalue weighted by Gasteiger charge is -2.22. The van der Waals surface area contributed by atoms with Gasteiger partial charge in [0.05, 0.1) is 13.2 Å². The van der Waals surface area contributed by atoms with Crippen LogP contribution < -0.4 is 0 Å². The molecule has 1 aliphatic heterocycles. The summed E-state index contributed by atoms with van der Waals surface area (Å²) in [7, 11) is 0. The Morgan fingerprint density at radius 1 is 1.31 bits per heavy atom. The molecule has 0 radical (unpaired) electrons. The standard InChI is InChI=1S/C9H13Br2N3O2/c10-8-9(11)13-14(12-8)4-6-16-7-3-1-2-5-15-7/h7H,1-6H2. The SMILES string of the molecule is Brc1nn(CCOC2CCCCO2)nc1Br. The van der Waals surface area contributed by atoms with E-state index in [4.69, 9.17) is 9.47 Å². The number of ether oxygens (including phenoxy) is 2. The van der Waals surface area contributed by atoms with Gasteiger partial charge in [0.15, 0.2) is 15.5 Å². The quantitative estimate of drug-likeness (QED) is 0.832. The molecule has 0 aromatic carbocycles. The normalized spacial score (nSPS) is 21.2. The van der Waals surface area contributed by atoms with Crippen LogP contribution in [0.2, 0.25) is 0 Å². The highest BCUT2D eigenvalue weighted by Gasteiger charge is 2.14. The third-order valence-corrected chi connectivity index (χ3v) is 3.91. The molecule has 1 unspecified atom stereocenters. The first-order chi connectivity index (χ1) is 7.75. The van der Waals surface area contributed by atoms with Gasteiger partial charge >= 0.3 is 0 Å². The summed E-state index contributed by atoms with van der Waals surface area (Å²) in [6, 6.07) is 0. The van der Waals surface area contributed by atoms with Crippen molar-refractivity contribution >= 4 is 31.9 Å². The van der Waals surface area contributed by atoms with E-state index in [1.165, 1.54) is 6.42 Å². The number of aromatic nitrogens is 3. The minimum absolute atomic E-state index is 0.0452. The van der Waals surface area contributed by atoms with Crippen molar-refractivity contribution in [2.45, 2.75) is 32.1 Å². The molecule has 0 saturated carbocycles. The van der Waals surface area contributed by atoms with Crippen LogP contribution in [-0.4, -0.2) is 34.5 Å². The summed E-state index contributed by atoms with van der Waals surface area (Å²) >= 11 is 6.56. The van der Waals surface area contributed by atoms with E-state index in [-0.39, 0.29) is 6.29 Å². The molecular weight excluding hydrogens is 342 g/mol. The molecule has 1 atom stereocenters. The van der Waals surface area contributed by atoms with Crippen molar-refractivity contribution in [1.29, 1.82) is 0 Å². The fraction of sp³-hybridized carbons (Fsp3) is 0.778. The highest BCUT2D eigenvalue weighted by Crippen LogP contribution is 2.17. The number of nitrogens with zero attached hydrogens (tertiary/aromatic N) is 3. The maximum absolute atomic E-state index is 5.58. The van der Waals surface area contributed by atoms with Gasteiger partial charge < -0.3 is 9.47 Å². The fourth-order valence-corrected chi connectivity index (χ4v) is 2.04. The highest BCUT2D eigenvalue weighted by molar-refractivity contribution is 9.13. The Labute approximate surface area is 111 Å². The summed E-state index contributed by atoms with van der Waals surface area (Å²) in [5, 5.41) is 8.29. The van der Waals surface area contributed by atoms with Crippen molar-refractivity contribution in [2.24, 2.45) is 0 Å². The summed E-state index contributed by atoms with van der Waals surface area (Å²) in [5.74, 6) is 0. The van der Waals surface area contributed by atoms with E-state index in [1.807, 2.05) is 0 Å². The molecule has 90 valence electrons. The van der Waals surface area contributed by atoms with Gasteiger partial charge in [-0.2, -0.15) is 4.80 Å². The molecule has 2 heterocycles. The summed E-state index contributed by atoms with van der Waals surface area (Å²) in [4.78, 5) is 1.59. The maximum Gasteiger partial charge on any atom is 0.162 e. The van der Waals surface area contributed by atoms with Gasteiger partial charge in [-0.05, 0) is 51.1 Å². The van der Waals surface area contributed by atoms with E-state index in [1.54, 1.807) is 4.80 Å². The monoisotopic (exact) mass is 353 g/mol. The van der Waals surface area contributed by atoms with Crippen molar-refractivity contribution in [3.05, 3.63) is 9.21 Å². The second-order valence-corrected chi connectivity index (χ2v) is 5.05. The molecule has 7 heteroatoms. The van der Waals surface area contributed by atoms with Crippen molar-refractivity contribution in [2.75, 3.05) is 13.2 Å². The third-order valence-electron chi connectivity index (χ3n) is 2.31. The van der Waals surface area contributed by atoms with Crippen LogP contribution >= 0.6 is 31.9 Å². The zero-order valence-electron chi connectivity index (χ0n) is 8.73. The fourth-order valence-electron chi connectivity index (χ4n) is 1.52. The Hall–Kier alpha value is 0.0200. The largest absolute Gasteiger partial charge is 0.353 e. The first-order valence-corrected chi connectivity index (χ1v) is 6.83. The van der Waals surface area contributed by atoms with Crippen LogP contribution in [0.4, 0.5) is 0 Å². The van der Waals surface area contributed by atoms with Crippen LogP contribution in [-0.2, 0) is 16.0 Å². The Bertz CT molecular complexity index is 320. The van der Waals surface area contributed by atoms with Gasteiger partial charge in [-0.25, -0.2) is 0 Å². The molecule has 0 N–H and O–H groups in total. The number of hydrogen-bond acceptors (Lipinski definition) is 4. The summed E-state index contributed by atoms with van der Waals surface area (Å²) in [5.41, 5.74) is 0. The third kappa shape index (κ3) is 3.51. The van der Waals surface area contributed by atoms with Crippen LogP contribution in [0.3, 0.4) is 0 Å². The van der Waals surface area contributed by atoms with Gasteiger partial charge in [-0.1, -0.05) is 0 Å². The van der Waals surface area contributed by atoms with Crippen LogP contribution in [0.15, 0.2) is 9.21 Å². The van der Waals surface area contributed by atoms with Gasteiger partial charge in [0.25, 0.3) is 0 Å². The average molecular weight is 355 g/mol. The van der Waals surface area contributed by atoms with Gasteiger partial charge in [-0.15, -0.1) is 10.2 Å². The van der Waals surface area contributed by atoms with E-state index >= 15 is 0 Å². The lowest BCUT2D eigenvalue weighted by Crippen LogP contribution is -2.24. The molecule has 1 fully saturated rings. The van der Waals surface area contributed by atoms with E-state index in [9.17, 15) is 0 Å². The molecule has 16 heavy (non-hydrogen) atoms. The van der Waals surface area contributed by atoms with E-state index in [0.717, 1.165) is 19.4 Å². The van der Waals surface area contributed by atoms with Gasteiger partial charge in [0, 0.05) is 6.61 Å². The molecule has 1 aromatic heterocycles. The maximum atomic E-state index is 5.58. The Kier molecular flexibility index (Phi) is 4.75. The topological polar surface area (TPSA) is 49.2 Å². The zero-order chi connectivity index (χ0) is 11.4. The number of rotatable bonds is 4. The zero-order valence-corrected chi connectivity index (χ0v) is 11.9. The molecular formula is C9H13Br2N3O2. The molecule has 5 nitrogen and oxygen atoms in total. The second-order valence-electron chi connectivity index (χ2n) is 3.54. The predicted molar refractivity (Wildman–Crippen MR) is 65.0 cm³/mol. The molecule has 0 aliphatic carbocycles. The summed E-state index contributed by atoms with van der Waals surface area (Å²) < 4.78 is 12.5. The van der Waals surface area contributed by atoms with Crippen molar-refractivity contribution in [3.8, 4) is 0 Å². The Balaban J connectivity index is 1.71. The molecule has 0 spiro atoms. The Morgan fingerprint density at radius 2 is 2.06 bits per heavy atom. The average Bonchev–Trinajstić information content (AvgIpc) is 2.60. The van der Waals surface area contributed by atoms with E-state index in [0.29, 0.717) is 22.4 Å². The van der Waals surface area contributed by atoms with Crippen molar-refractivity contribution in [1.82, 2.24) is 15.0 Å². The van der Waals surface area contributed by atoms with Crippen molar-refractivity contribution in [3.63, 3.8) is 0 Å². The number of hydrogen-bond donors (Lipinski definition) is 0. The molecule has 1 saturated heterocycles. The first kappa shape index (κ1) is 12.5. The van der Waals surface area contributed by atoms with E-state index in [2.05, 4.69) is 42.1 Å². The minimum Gasteiger partial charge on any atom is -0.353 e. The lowest BCUT2D eigenvalue weighted by atomic mass is 10.2. The van der Waals surface area contributed by atoms with Crippen molar-refractivity contribution < 1.29 is 9.47 Å². The molecule has 2 rings (SSSR count). The second kappa shape index (κ2) is 6.09. The minimum atomic E-state index is -0.0452. The van der Waals surface area contributed by atoms with Crippen LogP contribution in [0.5, 0.6) is 0 Å². The van der Waals surface area contributed by atoms with Gasteiger partial charge in [-0.3, -0.25) is 0 Å². The number of halogens is 2. The summed E-state index contributed by atoms with van der Waals surface area (Å²) in [6.45, 7) is 2.00. The van der Waals surface area contributed by atoms with Crippen LogP contribution in [0.25, 0.3) is 0 Å². The van der Waals surface area contributed by atoms with Gasteiger partial charge in [0.2, 0.25) is 0 Å². The molecule has 0 bridgehead atoms. The van der Waals surface area contributed by atoms with Crippen LogP contribution in [0.1, 0.15) is 19.3 Å². The summed E-state index contributed by atoms with van der Waals surface area (Å²) in [6.07, 6.45) is 3.26. The lowest BCUT2D eigenvalue weighted by molar-refractivity contribution is -0.164. The molecule has 0 amide bonds. The first-order valence-electron chi connectivity index (χ1n) is 5.25.